The summed E-state index contributed by atoms with van der Waals surface area (Å²) in [6, 6.07) is 16.8. The van der Waals surface area contributed by atoms with Crippen LogP contribution in [0, 0.1) is 0 Å². The van der Waals surface area contributed by atoms with E-state index in [0.717, 1.165) is 11.8 Å². The fraction of sp³-hybridized carbons (Fsp3) is 0.350. The first-order chi connectivity index (χ1) is 12.9. The Labute approximate surface area is 159 Å². The SMILES string of the molecule is CS(=O)(=O)C1(C(=O)Nc2ccc(OCc3ccccc3)cc2)CCNCC1. The molecule has 0 atom stereocenters. The number of nitrogens with one attached hydrogen (secondary N) is 2. The Balaban J connectivity index is 1.65. The Kier molecular flexibility index (Phi) is 5.82. The van der Waals surface area contributed by atoms with Gasteiger partial charge in [-0.05, 0) is 55.8 Å². The number of ether oxygens (including phenoxy) is 1. The van der Waals surface area contributed by atoms with Gasteiger partial charge in [0.25, 0.3) is 0 Å². The third-order valence-electron chi connectivity index (χ3n) is 4.90. The Hall–Kier alpha value is -2.38. The number of anilines is 1. The minimum Gasteiger partial charge on any atom is -0.489 e. The van der Waals surface area contributed by atoms with Crippen molar-refractivity contribution >= 4 is 21.4 Å². The van der Waals surface area contributed by atoms with E-state index >= 15 is 0 Å². The summed E-state index contributed by atoms with van der Waals surface area (Å²) in [6.45, 7) is 1.47. The van der Waals surface area contributed by atoms with Crippen LogP contribution in [0.1, 0.15) is 18.4 Å². The first-order valence-corrected chi connectivity index (χ1v) is 10.8. The normalized spacial score (nSPS) is 16.5. The highest BCUT2D eigenvalue weighted by molar-refractivity contribution is 7.92. The topological polar surface area (TPSA) is 84.5 Å². The lowest BCUT2D eigenvalue weighted by Gasteiger charge is -2.34. The Morgan fingerprint density at radius 3 is 2.30 bits per heavy atom. The van der Waals surface area contributed by atoms with Gasteiger partial charge in [0.2, 0.25) is 5.91 Å². The van der Waals surface area contributed by atoms with Crippen molar-refractivity contribution in [2.24, 2.45) is 0 Å². The molecular weight excluding hydrogens is 364 g/mol. The maximum Gasteiger partial charge on any atom is 0.245 e. The number of benzene rings is 2. The van der Waals surface area contributed by atoms with E-state index in [1.807, 2.05) is 30.3 Å². The van der Waals surface area contributed by atoms with Crippen LogP contribution in [0.4, 0.5) is 5.69 Å². The van der Waals surface area contributed by atoms with E-state index in [1.165, 1.54) is 0 Å². The van der Waals surface area contributed by atoms with E-state index in [9.17, 15) is 13.2 Å². The largest absolute Gasteiger partial charge is 0.489 e. The van der Waals surface area contributed by atoms with Crippen LogP contribution in [0.15, 0.2) is 54.6 Å². The fourth-order valence-electron chi connectivity index (χ4n) is 3.22. The third-order valence-corrected chi connectivity index (χ3v) is 6.91. The van der Waals surface area contributed by atoms with Gasteiger partial charge in [-0.25, -0.2) is 8.42 Å². The summed E-state index contributed by atoms with van der Waals surface area (Å²) in [6.07, 6.45) is 1.68. The molecule has 27 heavy (non-hydrogen) atoms. The van der Waals surface area contributed by atoms with Gasteiger partial charge < -0.3 is 15.4 Å². The molecule has 1 aliphatic rings. The van der Waals surface area contributed by atoms with Crippen molar-refractivity contribution in [2.75, 3.05) is 24.7 Å². The highest BCUT2D eigenvalue weighted by Crippen LogP contribution is 2.29. The molecule has 0 bridgehead atoms. The summed E-state index contributed by atoms with van der Waals surface area (Å²) in [5.41, 5.74) is 1.62. The number of rotatable bonds is 6. The maximum atomic E-state index is 12.8. The van der Waals surface area contributed by atoms with E-state index in [0.29, 0.717) is 31.1 Å². The monoisotopic (exact) mass is 388 g/mol. The number of amides is 1. The summed E-state index contributed by atoms with van der Waals surface area (Å²) in [4.78, 5) is 12.8. The van der Waals surface area contributed by atoms with Gasteiger partial charge in [-0.3, -0.25) is 4.79 Å². The zero-order valence-corrected chi connectivity index (χ0v) is 16.1. The zero-order chi connectivity index (χ0) is 19.3. The van der Waals surface area contributed by atoms with Gasteiger partial charge in [-0.1, -0.05) is 30.3 Å². The number of sulfone groups is 1. The van der Waals surface area contributed by atoms with Crippen LogP contribution in [-0.2, 0) is 21.2 Å². The average molecular weight is 388 g/mol. The fourth-order valence-corrected chi connectivity index (χ4v) is 4.55. The molecule has 7 heteroatoms. The molecule has 2 N–H and O–H groups in total. The van der Waals surface area contributed by atoms with Gasteiger partial charge in [0.05, 0.1) is 0 Å². The second kappa shape index (κ2) is 8.10. The van der Waals surface area contributed by atoms with Crippen LogP contribution < -0.4 is 15.4 Å². The summed E-state index contributed by atoms with van der Waals surface area (Å²) in [5, 5.41) is 5.86. The minimum atomic E-state index is -3.53. The second-order valence-corrected chi connectivity index (χ2v) is 9.10. The number of carbonyl (C=O) groups excluding carboxylic acids is 1. The second-order valence-electron chi connectivity index (χ2n) is 6.77. The van der Waals surface area contributed by atoms with Crippen molar-refractivity contribution in [1.29, 1.82) is 0 Å². The first-order valence-electron chi connectivity index (χ1n) is 8.89. The summed E-state index contributed by atoms with van der Waals surface area (Å²) >= 11 is 0. The molecule has 1 aliphatic heterocycles. The van der Waals surface area contributed by atoms with E-state index < -0.39 is 20.5 Å². The van der Waals surface area contributed by atoms with E-state index in [4.69, 9.17) is 4.74 Å². The highest BCUT2D eigenvalue weighted by Gasteiger charge is 2.48. The van der Waals surface area contributed by atoms with Gasteiger partial charge in [0.15, 0.2) is 14.6 Å². The molecule has 0 aliphatic carbocycles. The maximum absolute atomic E-state index is 12.8. The Morgan fingerprint density at radius 2 is 1.70 bits per heavy atom. The molecule has 6 nitrogen and oxygen atoms in total. The lowest BCUT2D eigenvalue weighted by Crippen LogP contribution is -2.55. The Morgan fingerprint density at radius 1 is 1.07 bits per heavy atom. The van der Waals surface area contributed by atoms with Crippen molar-refractivity contribution in [3.05, 3.63) is 60.2 Å². The van der Waals surface area contributed by atoms with Crippen LogP contribution in [0.3, 0.4) is 0 Å². The molecule has 1 amide bonds. The molecule has 1 heterocycles. The number of carbonyl (C=O) groups is 1. The van der Waals surface area contributed by atoms with Crippen LogP contribution in [0.25, 0.3) is 0 Å². The Bertz CT molecular complexity index is 874. The summed E-state index contributed by atoms with van der Waals surface area (Å²) in [7, 11) is -3.53. The van der Waals surface area contributed by atoms with Crippen molar-refractivity contribution in [1.82, 2.24) is 5.32 Å². The van der Waals surface area contributed by atoms with Gasteiger partial charge in [-0.2, -0.15) is 0 Å². The molecular formula is C20H24N2O4S. The number of hydrogen-bond donors (Lipinski definition) is 2. The third kappa shape index (κ3) is 4.48. The minimum absolute atomic E-state index is 0.274. The molecule has 2 aromatic carbocycles. The molecule has 0 radical (unpaired) electrons. The van der Waals surface area contributed by atoms with Gasteiger partial charge in [-0.15, -0.1) is 0 Å². The summed E-state index contributed by atoms with van der Waals surface area (Å²) in [5.74, 6) is 0.209. The molecule has 0 saturated carbocycles. The van der Waals surface area contributed by atoms with E-state index in [2.05, 4.69) is 10.6 Å². The van der Waals surface area contributed by atoms with Gasteiger partial charge >= 0.3 is 0 Å². The van der Waals surface area contributed by atoms with Crippen LogP contribution in [-0.4, -0.2) is 38.4 Å². The molecule has 0 unspecified atom stereocenters. The first kappa shape index (κ1) is 19.4. The lowest BCUT2D eigenvalue weighted by atomic mass is 9.95. The van der Waals surface area contributed by atoms with Crippen LogP contribution >= 0.6 is 0 Å². The van der Waals surface area contributed by atoms with Crippen LogP contribution in [0.5, 0.6) is 5.75 Å². The van der Waals surface area contributed by atoms with Crippen molar-refractivity contribution in [3.63, 3.8) is 0 Å². The highest BCUT2D eigenvalue weighted by atomic mass is 32.2. The van der Waals surface area contributed by atoms with Gasteiger partial charge in [0, 0.05) is 11.9 Å². The standard InChI is InChI=1S/C20H24N2O4S/c1-27(24,25)20(11-13-21-14-12-20)19(23)22-17-7-9-18(10-8-17)26-15-16-5-3-2-4-6-16/h2-10,21H,11-15H2,1H3,(H,22,23). The van der Waals surface area contributed by atoms with Crippen molar-refractivity contribution < 1.29 is 17.9 Å². The van der Waals surface area contributed by atoms with Crippen molar-refractivity contribution in [2.45, 2.75) is 24.2 Å². The predicted octanol–water partition coefficient (Wildman–Crippen LogP) is 2.37. The molecule has 1 saturated heterocycles. The summed E-state index contributed by atoms with van der Waals surface area (Å²) < 4.78 is 29.0. The molecule has 3 rings (SSSR count). The van der Waals surface area contributed by atoms with Crippen LogP contribution in [0.2, 0.25) is 0 Å². The molecule has 2 aromatic rings. The molecule has 0 spiro atoms. The number of piperidine rings is 1. The predicted molar refractivity (Wildman–Crippen MR) is 106 cm³/mol. The van der Waals surface area contributed by atoms with E-state index in [1.54, 1.807) is 24.3 Å². The molecule has 0 aromatic heterocycles. The number of hydrogen-bond acceptors (Lipinski definition) is 5. The van der Waals surface area contributed by atoms with E-state index in [-0.39, 0.29) is 12.8 Å². The average Bonchev–Trinajstić information content (AvgIpc) is 2.68. The molecule has 144 valence electrons. The quantitative estimate of drug-likeness (QED) is 0.794. The van der Waals surface area contributed by atoms with Gasteiger partial charge in [0.1, 0.15) is 12.4 Å². The smallest absolute Gasteiger partial charge is 0.245 e. The zero-order valence-electron chi connectivity index (χ0n) is 15.3. The molecule has 1 fully saturated rings. The lowest BCUT2D eigenvalue weighted by molar-refractivity contribution is -0.119. The van der Waals surface area contributed by atoms with Crippen molar-refractivity contribution in [3.8, 4) is 5.75 Å².